The molecule has 1 aliphatic rings. The van der Waals surface area contributed by atoms with Crippen LogP contribution in [0.25, 0.3) is 0 Å². The normalized spacial score (nSPS) is 16.7. The second kappa shape index (κ2) is 7.17. The van der Waals surface area contributed by atoms with Gasteiger partial charge in [0.1, 0.15) is 11.9 Å². The van der Waals surface area contributed by atoms with E-state index in [0.29, 0.717) is 18.1 Å². The van der Waals surface area contributed by atoms with Crippen molar-refractivity contribution in [3.05, 3.63) is 47.4 Å². The Kier molecular flexibility index (Phi) is 5.11. The highest BCUT2D eigenvalue weighted by Gasteiger charge is 2.28. The van der Waals surface area contributed by atoms with Gasteiger partial charge in [-0.2, -0.15) is 0 Å². The summed E-state index contributed by atoms with van der Waals surface area (Å²) in [6.45, 7) is 6.92. The molecule has 0 unspecified atom stereocenters. The SMILES string of the molecule is COc1ccc2c(n1)CCN[C@H]2C(=O)Nc1ccc([Si](C)(C)C)c(F)c1. The van der Waals surface area contributed by atoms with Gasteiger partial charge in [0.2, 0.25) is 11.8 Å². The molecule has 2 heterocycles. The first-order chi connectivity index (χ1) is 12.3. The van der Waals surface area contributed by atoms with E-state index < -0.39 is 14.1 Å². The van der Waals surface area contributed by atoms with Crippen LogP contribution in [-0.4, -0.2) is 32.6 Å². The topological polar surface area (TPSA) is 63.2 Å². The number of hydrogen-bond acceptors (Lipinski definition) is 4. The van der Waals surface area contributed by atoms with E-state index in [9.17, 15) is 9.18 Å². The van der Waals surface area contributed by atoms with Crippen molar-refractivity contribution in [1.29, 1.82) is 0 Å². The number of pyridine rings is 1. The second-order valence-corrected chi connectivity index (χ2v) is 12.5. The van der Waals surface area contributed by atoms with Crippen molar-refractivity contribution < 1.29 is 13.9 Å². The third-order valence-electron chi connectivity index (χ3n) is 4.52. The van der Waals surface area contributed by atoms with Gasteiger partial charge in [0, 0.05) is 30.3 Å². The molecule has 7 heteroatoms. The Morgan fingerprint density at radius 3 is 2.73 bits per heavy atom. The van der Waals surface area contributed by atoms with Crippen molar-refractivity contribution in [2.45, 2.75) is 32.1 Å². The van der Waals surface area contributed by atoms with E-state index >= 15 is 0 Å². The van der Waals surface area contributed by atoms with E-state index in [-0.39, 0.29) is 11.7 Å². The van der Waals surface area contributed by atoms with Crippen LogP contribution in [0.5, 0.6) is 5.88 Å². The quantitative estimate of drug-likeness (QED) is 0.809. The zero-order valence-electron chi connectivity index (χ0n) is 15.5. The van der Waals surface area contributed by atoms with Gasteiger partial charge in [-0.15, -0.1) is 0 Å². The third-order valence-corrected chi connectivity index (χ3v) is 6.54. The molecule has 3 rings (SSSR count). The number of nitrogens with zero attached hydrogens (tertiary/aromatic N) is 1. The number of halogens is 1. The van der Waals surface area contributed by atoms with Crippen LogP contribution in [0.2, 0.25) is 19.6 Å². The standard InChI is InChI=1S/C19H24FN3O2Si/c1-25-17-8-6-13-15(23-17)9-10-21-18(13)19(24)22-12-5-7-16(14(20)11-12)26(2,3)4/h5-8,11,18,21H,9-10H2,1-4H3,(H,22,24)/t18-/m1/s1. The average molecular weight is 374 g/mol. The fourth-order valence-corrected chi connectivity index (χ4v) is 4.54. The van der Waals surface area contributed by atoms with Crippen LogP contribution in [0.15, 0.2) is 30.3 Å². The molecule has 1 aromatic heterocycles. The van der Waals surface area contributed by atoms with Crippen LogP contribution in [0.1, 0.15) is 17.3 Å². The zero-order chi connectivity index (χ0) is 18.9. The van der Waals surface area contributed by atoms with Crippen molar-refractivity contribution in [3.8, 4) is 5.88 Å². The number of anilines is 1. The first-order valence-electron chi connectivity index (χ1n) is 8.67. The van der Waals surface area contributed by atoms with Crippen LogP contribution in [0, 0.1) is 5.82 Å². The van der Waals surface area contributed by atoms with Gasteiger partial charge < -0.3 is 15.4 Å². The summed E-state index contributed by atoms with van der Waals surface area (Å²) in [6, 6.07) is 8.04. The lowest BCUT2D eigenvalue weighted by Gasteiger charge is -2.26. The van der Waals surface area contributed by atoms with E-state index in [0.717, 1.165) is 22.9 Å². The molecule has 0 bridgehead atoms. The maximum atomic E-state index is 14.4. The molecule has 0 saturated heterocycles. The largest absolute Gasteiger partial charge is 0.481 e. The molecular formula is C19H24FN3O2Si. The number of carbonyl (C=O) groups excluding carboxylic acids is 1. The number of hydrogen-bond donors (Lipinski definition) is 2. The zero-order valence-corrected chi connectivity index (χ0v) is 16.5. The fourth-order valence-electron chi connectivity index (χ4n) is 3.16. The minimum absolute atomic E-state index is 0.224. The molecule has 1 amide bonds. The highest BCUT2D eigenvalue weighted by Crippen LogP contribution is 2.25. The second-order valence-electron chi connectivity index (χ2n) is 7.46. The van der Waals surface area contributed by atoms with Crippen LogP contribution in [0.3, 0.4) is 0 Å². The van der Waals surface area contributed by atoms with Gasteiger partial charge in [-0.05, 0) is 23.4 Å². The smallest absolute Gasteiger partial charge is 0.246 e. The van der Waals surface area contributed by atoms with E-state index in [2.05, 4.69) is 35.3 Å². The van der Waals surface area contributed by atoms with Crippen molar-refractivity contribution in [2.75, 3.05) is 19.0 Å². The van der Waals surface area contributed by atoms with Gasteiger partial charge in [0.05, 0.1) is 20.9 Å². The molecule has 2 N–H and O–H groups in total. The molecule has 2 aromatic rings. The van der Waals surface area contributed by atoms with Crippen molar-refractivity contribution >= 4 is 24.9 Å². The Morgan fingerprint density at radius 1 is 1.31 bits per heavy atom. The molecular weight excluding hydrogens is 349 g/mol. The number of fused-ring (bicyclic) bond motifs is 1. The van der Waals surface area contributed by atoms with Gasteiger partial charge in [-0.1, -0.05) is 25.7 Å². The average Bonchev–Trinajstić information content (AvgIpc) is 2.59. The first-order valence-corrected chi connectivity index (χ1v) is 12.2. The molecule has 0 radical (unpaired) electrons. The van der Waals surface area contributed by atoms with Crippen LogP contribution < -0.4 is 20.6 Å². The Bertz CT molecular complexity index is 836. The van der Waals surface area contributed by atoms with Crippen molar-refractivity contribution in [2.24, 2.45) is 0 Å². The molecule has 1 atom stereocenters. The van der Waals surface area contributed by atoms with Crippen molar-refractivity contribution in [3.63, 3.8) is 0 Å². The maximum absolute atomic E-state index is 14.4. The summed E-state index contributed by atoms with van der Waals surface area (Å²) in [5.74, 6) is 0.0530. The summed E-state index contributed by atoms with van der Waals surface area (Å²) >= 11 is 0. The maximum Gasteiger partial charge on any atom is 0.246 e. The highest BCUT2D eigenvalue weighted by molar-refractivity contribution is 6.88. The van der Waals surface area contributed by atoms with Gasteiger partial charge in [-0.3, -0.25) is 4.79 Å². The summed E-state index contributed by atoms with van der Waals surface area (Å²) in [6.07, 6.45) is 0.732. The molecule has 0 aliphatic carbocycles. The number of amides is 1. The predicted molar refractivity (Wildman–Crippen MR) is 103 cm³/mol. The summed E-state index contributed by atoms with van der Waals surface area (Å²) in [5.41, 5.74) is 2.14. The Labute approximate surface area is 154 Å². The number of nitrogens with one attached hydrogen (secondary N) is 2. The monoisotopic (exact) mass is 373 g/mol. The molecule has 1 aliphatic heterocycles. The minimum Gasteiger partial charge on any atom is -0.481 e. The van der Waals surface area contributed by atoms with Crippen LogP contribution in [0.4, 0.5) is 10.1 Å². The van der Waals surface area contributed by atoms with Crippen LogP contribution >= 0.6 is 0 Å². The van der Waals surface area contributed by atoms with Gasteiger partial charge in [0.25, 0.3) is 0 Å². The summed E-state index contributed by atoms with van der Waals surface area (Å²) in [4.78, 5) is 17.2. The molecule has 5 nitrogen and oxygen atoms in total. The van der Waals surface area contributed by atoms with E-state index in [1.165, 1.54) is 6.07 Å². The number of methoxy groups -OCH3 is 1. The number of aromatic nitrogens is 1. The number of benzene rings is 1. The van der Waals surface area contributed by atoms with E-state index in [1.807, 2.05) is 6.07 Å². The summed E-state index contributed by atoms with van der Waals surface area (Å²) in [5, 5.41) is 6.78. The Morgan fingerprint density at radius 2 is 2.08 bits per heavy atom. The lowest BCUT2D eigenvalue weighted by molar-refractivity contribution is -0.118. The van der Waals surface area contributed by atoms with E-state index in [4.69, 9.17) is 4.74 Å². The molecule has 0 saturated carbocycles. The highest BCUT2D eigenvalue weighted by atomic mass is 28.3. The summed E-state index contributed by atoms with van der Waals surface area (Å²) in [7, 11) is -0.182. The first kappa shape index (κ1) is 18.5. The van der Waals surface area contributed by atoms with Crippen molar-refractivity contribution in [1.82, 2.24) is 10.3 Å². The molecule has 0 spiro atoms. The summed E-state index contributed by atoms with van der Waals surface area (Å²) < 4.78 is 19.6. The Balaban J connectivity index is 1.81. The Hall–Kier alpha value is -2.25. The lowest BCUT2D eigenvalue weighted by Crippen LogP contribution is -2.40. The molecule has 0 fully saturated rings. The molecule has 26 heavy (non-hydrogen) atoms. The number of ether oxygens (including phenoxy) is 1. The van der Waals surface area contributed by atoms with Gasteiger partial charge in [-0.25, -0.2) is 9.37 Å². The molecule has 1 aromatic carbocycles. The van der Waals surface area contributed by atoms with Gasteiger partial charge >= 0.3 is 0 Å². The number of carbonyl (C=O) groups is 1. The van der Waals surface area contributed by atoms with Gasteiger partial charge in [0.15, 0.2) is 0 Å². The third kappa shape index (κ3) is 3.78. The lowest BCUT2D eigenvalue weighted by atomic mass is 9.98. The van der Waals surface area contributed by atoms with Crippen LogP contribution in [-0.2, 0) is 11.2 Å². The fraction of sp³-hybridized carbons (Fsp3) is 0.368. The molecule has 138 valence electrons. The minimum atomic E-state index is -1.75. The van der Waals surface area contributed by atoms with E-state index in [1.54, 1.807) is 25.3 Å². The predicted octanol–water partition coefficient (Wildman–Crippen LogP) is 2.60. The number of rotatable bonds is 4.